The summed E-state index contributed by atoms with van der Waals surface area (Å²) in [6.07, 6.45) is 2.64. The molecule has 0 saturated carbocycles. The van der Waals surface area contributed by atoms with Crippen molar-refractivity contribution < 1.29 is 19.4 Å². The number of likely N-dealkylation sites (tertiary alicyclic amines) is 1. The van der Waals surface area contributed by atoms with E-state index in [0.717, 1.165) is 0 Å². The van der Waals surface area contributed by atoms with Crippen molar-refractivity contribution in [3.05, 3.63) is 12.7 Å². The van der Waals surface area contributed by atoms with Crippen molar-refractivity contribution >= 4 is 12.1 Å². The van der Waals surface area contributed by atoms with Crippen LogP contribution in [0.4, 0.5) is 4.79 Å². The van der Waals surface area contributed by atoms with Gasteiger partial charge >= 0.3 is 12.1 Å². The highest BCUT2D eigenvalue weighted by Gasteiger charge is 2.36. The van der Waals surface area contributed by atoms with E-state index in [1.165, 1.54) is 4.90 Å². The van der Waals surface area contributed by atoms with E-state index in [-0.39, 0.29) is 12.5 Å². The summed E-state index contributed by atoms with van der Waals surface area (Å²) in [4.78, 5) is 24.7. The zero-order valence-corrected chi connectivity index (χ0v) is 11.9. The molecule has 1 heterocycles. The molecule has 5 nitrogen and oxygen atoms in total. The molecule has 0 aliphatic carbocycles. The molecule has 0 bridgehead atoms. The van der Waals surface area contributed by atoms with Crippen molar-refractivity contribution in [1.82, 2.24) is 4.90 Å². The van der Waals surface area contributed by atoms with Crippen LogP contribution in [0.1, 0.15) is 33.6 Å². The van der Waals surface area contributed by atoms with Gasteiger partial charge in [0, 0.05) is 13.1 Å². The Bertz CT molecular complexity index is 359. The van der Waals surface area contributed by atoms with Gasteiger partial charge in [-0.1, -0.05) is 6.08 Å². The minimum atomic E-state index is -0.861. The summed E-state index contributed by atoms with van der Waals surface area (Å²) in [7, 11) is 0. The van der Waals surface area contributed by atoms with Crippen LogP contribution in [-0.2, 0) is 9.53 Å². The maximum atomic E-state index is 11.9. The number of rotatable bonds is 3. The summed E-state index contributed by atoms with van der Waals surface area (Å²) >= 11 is 0. The monoisotopic (exact) mass is 269 g/mol. The van der Waals surface area contributed by atoms with Gasteiger partial charge in [-0.25, -0.2) is 4.79 Å². The minimum Gasteiger partial charge on any atom is -0.481 e. The molecule has 0 aromatic carbocycles. The SMILES string of the molecule is C=CCC1CCN(C(=O)OC(C)(C)C)CC1C(=O)O. The summed E-state index contributed by atoms with van der Waals surface area (Å²) in [5, 5.41) is 9.25. The van der Waals surface area contributed by atoms with Gasteiger partial charge in [0.05, 0.1) is 5.92 Å². The fraction of sp³-hybridized carbons (Fsp3) is 0.714. The number of ether oxygens (including phenoxy) is 1. The largest absolute Gasteiger partial charge is 0.481 e. The van der Waals surface area contributed by atoms with E-state index in [0.29, 0.717) is 19.4 Å². The predicted octanol–water partition coefficient (Wildman–Crippen LogP) is 2.52. The first-order valence-electron chi connectivity index (χ1n) is 6.56. The van der Waals surface area contributed by atoms with Gasteiger partial charge in [0.1, 0.15) is 5.60 Å². The highest BCUT2D eigenvalue weighted by atomic mass is 16.6. The number of carboxylic acids is 1. The highest BCUT2D eigenvalue weighted by Crippen LogP contribution is 2.28. The molecule has 0 aromatic rings. The molecule has 1 saturated heterocycles. The van der Waals surface area contributed by atoms with Gasteiger partial charge in [0.25, 0.3) is 0 Å². The van der Waals surface area contributed by atoms with Gasteiger partial charge in [0.15, 0.2) is 0 Å². The molecule has 1 amide bonds. The van der Waals surface area contributed by atoms with Gasteiger partial charge in [-0.3, -0.25) is 4.79 Å². The van der Waals surface area contributed by atoms with Crippen LogP contribution in [0, 0.1) is 11.8 Å². The molecule has 108 valence electrons. The molecule has 1 rings (SSSR count). The van der Waals surface area contributed by atoms with E-state index >= 15 is 0 Å². The molecule has 1 aliphatic rings. The smallest absolute Gasteiger partial charge is 0.410 e. The molecule has 0 spiro atoms. The molecule has 19 heavy (non-hydrogen) atoms. The molecule has 5 heteroatoms. The van der Waals surface area contributed by atoms with Crippen molar-refractivity contribution in [3.63, 3.8) is 0 Å². The topological polar surface area (TPSA) is 66.8 Å². The second-order valence-electron chi connectivity index (χ2n) is 5.94. The lowest BCUT2D eigenvalue weighted by atomic mass is 9.83. The molecule has 2 atom stereocenters. The lowest BCUT2D eigenvalue weighted by Gasteiger charge is -2.36. The lowest BCUT2D eigenvalue weighted by molar-refractivity contribution is -0.145. The first-order valence-corrected chi connectivity index (χ1v) is 6.56. The van der Waals surface area contributed by atoms with Crippen LogP contribution in [0.5, 0.6) is 0 Å². The fourth-order valence-electron chi connectivity index (χ4n) is 2.27. The molecule has 1 fully saturated rings. The Morgan fingerprint density at radius 2 is 2.11 bits per heavy atom. The van der Waals surface area contributed by atoms with Crippen LogP contribution in [0.15, 0.2) is 12.7 Å². The highest BCUT2D eigenvalue weighted by molar-refractivity contribution is 5.73. The Labute approximate surface area is 114 Å². The predicted molar refractivity (Wildman–Crippen MR) is 71.9 cm³/mol. The average Bonchev–Trinajstić information content (AvgIpc) is 2.27. The Kier molecular flexibility index (Phi) is 4.97. The summed E-state index contributed by atoms with van der Waals surface area (Å²) in [5.74, 6) is -1.35. The second kappa shape index (κ2) is 6.08. The summed E-state index contributed by atoms with van der Waals surface area (Å²) < 4.78 is 5.27. The standard InChI is InChI=1S/C14H23NO4/c1-5-6-10-7-8-15(9-11(10)12(16)17)13(18)19-14(2,3)4/h5,10-11H,1,6-9H2,2-4H3,(H,16,17). The lowest BCUT2D eigenvalue weighted by Crippen LogP contribution is -2.48. The molecule has 0 radical (unpaired) electrons. The maximum absolute atomic E-state index is 11.9. The van der Waals surface area contributed by atoms with Crippen LogP contribution in [0.3, 0.4) is 0 Å². The number of aliphatic carboxylic acids is 1. The van der Waals surface area contributed by atoms with Gasteiger partial charge in [-0.15, -0.1) is 6.58 Å². The molecular formula is C14H23NO4. The van der Waals surface area contributed by atoms with E-state index in [4.69, 9.17) is 4.74 Å². The Morgan fingerprint density at radius 1 is 1.47 bits per heavy atom. The van der Waals surface area contributed by atoms with Crippen molar-refractivity contribution in [3.8, 4) is 0 Å². The quantitative estimate of drug-likeness (QED) is 0.799. The molecular weight excluding hydrogens is 246 g/mol. The average molecular weight is 269 g/mol. The first-order chi connectivity index (χ1) is 8.74. The van der Waals surface area contributed by atoms with E-state index < -0.39 is 23.6 Å². The van der Waals surface area contributed by atoms with E-state index in [1.54, 1.807) is 26.8 Å². The fourth-order valence-corrected chi connectivity index (χ4v) is 2.27. The first kappa shape index (κ1) is 15.5. The van der Waals surface area contributed by atoms with Crippen molar-refractivity contribution in [2.75, 3.05) is 13.1 Å². The number of hydrogen-bond donors (Lipinski definition) is 1. The number of carboxylic acid groups (broad SMARTS) is 1. The Morgan fingerprint density at radius 3 is 2.58 bits per heavy atom. The number of carbonyl (C=O) groups is 2. The Hall–Kier alpha value is -1.52. The Balaban J connectivity index is 2.68. The number of amides is 1. The van der Waals surface area contributed by atoms with Crippen molar-refractivity contribution in [2.45, 2.75) is 39.2 Å². The number of nitrogens with zero attached hydrogens (tertiary/aromatic N) is 1. The van der Waals surface area contributed by atoms with E-state index in [9.17, 15) is 14.7 Å². The van der Waals surface area contributed by atoms with E-state index in [1.807, 2.05) is 0 Å². The van der Waals surface area contributed by atoms with Crippen LogP contribution in [0.25, 0.3) is 0 Å². The number of allylic oxidation sites excluding steroid dienone is 1. The maximum Gasteiger partial charge on any atom is 0.410 e. The number of hydrogen-bond acceptors (Lipinski definition) is 3. The van der Waals surface area contributed by atoms with Crippen molar-refractivity contribution in [1.29, 1.82) is 0 Å². The number of carbonyl (C=O) groups excluding carboxylic acids is 1. The molecule has 1 aliphatic heterocycles. The summed E-state index contributed by atoms with van der Waals surface area (Å²) in [6.45, 7) is 9.79. The molecule has 1 N–H and O–H groups in total. The third-order valence-electron chi connectivity index (χ3n) is 3.19. The van der Waals surface area contributed by atoms with Crippen LogP contribution in [0.2, 0.25) is 0 Å². The van der Waals surface area contributed by atoms with Gasteiger partial charge < -0.3 is 14.7 Å². The van der Waals surface area contributed by atoms with E-state index in [2.05, 4.69) is 6.58 Å². The van der Waals surface area contributed by atoms with Crippen molar-refractivity contribution in [2.24, 2.45) is 11.8 Å². The van der Waals surface area contributed by atoms with Crippen LogP contribution >= 0.6 is 0 Å². The number of piperidine rings is 1. The van der Waals surface area contributed by atoms with Gasteiger partial charge in [-0.2, -0.15) is 0 Å². The normalized spacial score (nSPS) is 23.8. The third kappa shape index (κ3) is 4.58. The van der Waals surface area contributed by atoms with Crippen LogP contribution in [-0.4, -0.2) is 40.8 Å². The molecule has 0 aromatic heterocycles. The molecule has 2 unspecified atom stereocenters. The van der Waals surface area contributed by atoms with Gasteiger partial charge in [0.2, 0.25) is 0 Å². The second-order valence-corrected chi connectivity index (χ2v) is 5.94. The van der Waals surface area contributed by atoms with Crippen LogP contribution < -0.4 is 0 Å². The zero-order valence-electron chi connectivity index (χ0n) is 11.9. The third-order valence-corrected chi connectivity index (χ3v) is 3.19. The zero-order chi connectivity index (χ0) is 14.6. The van der Waals surface area contributed by atoms with Gasteiger partial charge in [-0.05, 0) is 39.5 Å². The summed E-state index contributed by atoms with van der Waals surface area (Å²) in [5.41, 5.74) is -0.562. The minimum absolute atomic E-state index is 0.0497. The summed E-state index contributed by atoms with van der Waals surface area (Å²) in [6, 6.07) is 0.